The Kier molecular flexibility index (Phi) is 5.46. The van der Waals surface area contributed by atoms with Gasteiger partial charge in [-0.3, -0.25) is 0 Å². The van der Waals surface area contributed by atoms with Gasteiger partial charge in [-0.15, -0.1) is 0 Å². The van der Waals surface area contributed by atoms with Crippen LogP contribution in [0.4, 0.5) is 20.5 Å². The number of rotatable bonds is 6. The minimum absolute atomic E-state index is 0.339. The molecule has 1 aromatic heterocycles. The molecular weight excluding hydrogens is 358 g/mol. The molecule has 4 rings (SSSR count). The molecule has 0 spiro atoms. The van der Waals surface area contributed by atoms with Gasteiger partial charge in [0.05, 0.1) is 5.69 Å². The first-order valence-corrected chi connectivity index (χ1v) is 9.56. The highest BCUT2D eigenvalue weighted by atomic mass is 19.2. The van der Waals surface area contributed by atoms with Crippen LogP contribution >= 0.6 is 0 Å². The number of benzene rings is 2. The van der Waals surface area contributed by atoms with Crippen molar-refractivity contribution in [1.82, 2.24) is 9.97 Å². The van der Waals surface area contributed by atoms with Gasteiger partial charge in [-0.25, -0.2) is 13.8 Å². The van der Waals surface area contributed by atoms with E-state index in [4.69, 9.17) is 0 Å². The van der Waals surface area contributed by atoms with Crippen molar-refractivity contribution < 1.29 is 8.78 Å². The van der Waals surface area contributed by atoms with Crippen LogP contribution in [0.15, 0.2) is 54.6 Å². The molecule has 2 aromatic carbocycles. The maximum atomic E-state index is 13.4. The lowest BCUT2D eigenvalue weighted by Crippen LogP contribution is -2.17. The molecule has 144 valence electrons. The summed E-state index contributed by atoms with van der Waals surface area (Å²) in [5.41, 5.74) is 2.45. The zero-order valence-electron chi connectivity index (χ0n) is 15.5. The quantitative estimate of drug-likeness (QED) is 0.602. The van der Waals surface area contributed by atoms with Crippen LogP contribution in [0.3, 0.4) is 0 Å². The van der Waals surface area contributed by atoms with Crippen LogP contribution in [0.2, 0.25) is 0 Å². The van der Waals surface area contributed by atoms with Gasteiger partial charge in [-0.2, -0.15) is 4.98 Å². The van der Waals surface area contributed by atoms with Gasteiger partial charge in [-0.1, -0.05) is 49.2 Å². The summed E-state index contributed by atoms with van der Waals surface area (Å²) < 4.78 is 26.6. The van der Waals surface area contributed by atoms with Crippen molar-refractivity contribution in [2.75, 3.05) is 10.6 Å². The fraction of sp³-hybridized carbons (Fsp3) is 0.273. The predicted octanol–water partition coefficient (Wildman–Crippen LogP) is 5.39. The summed E-state index contributed by atoms with van der Waals surface area (Å²) in [6.45, 7) is 0.339. The molecule has 0 amide bonds. The average molecular weight is 380 g/mol. The fourth-order valence-electron chi connectivity index (χ4n) is 3.45. The Morgan fingerprint density at radius 3 is 2.43 bits per heavy atom. The third kappa shape index (κ3) is 4.44. The minimum Gasteiger partial charge on any atom is -0.366 e. The SMILES string of the molecule is Fc1ccc(CNc2cc(-c3ccccc3)nc(NC3CCCC3)n2)cc1F. The van der Waals surface area contributed by atoms with E-state index in [2.05, 4.69) is 20.6 Å². The second-order valence-electron chi connectivity index (χ2n) is 7.06. The smallest absolute Gasteiger partial charge is 0.225 e. The number of anilines is 2. The molecule has 1 fully saturated rings. The number of hydrogen-bond acceptors (Lipinski definition) is 4. The highest BCUT2D eigenvalue weighted by Gasteiger charge is 2.16. The molecular formula is C22H22F2N4. The van der Waals surface area contributed by atoms with Crippen LogP contribution in [-0.2, 0) is 6.54 Å². The molecule has 1 heterocycles. The van der Waals surface area contributed by atoms with Gasteiger partial charge in [0.2, 0.25) is 5.95 Å². The molecule has 28 heavy (non-hydrogen) atoms. The Morgan fingerprint density at radius 2 is 1.68 bits per heavy atom. The van der Waals surface area contributed by atoms with E-state index in [9.17, 15) is 8.78 Å². The second kappa shape index (κ2) is 8.33. The van der Waals surface area contributed by atoms with E-state index in [1.54, 1.807) is 6.07 Å². The molecule has 1 saturated carbocycles. The number of nitrogens with one attached hydrogen (secondary N) is 2. The Bertz CT molecular complexity index is 941. The molecule has 6 heteroatoms. The molecule has 0 unspecified atom stereocenters. The van der Waals surface area contributed by atoms with E-state index in [0.29, 0.717) is 29.9 Å². The number of hydrogen-bond donors (Lipinski definition) is 2. The summed E-state index contributed by atoms with van der Waals surface area (Å²) in [6.07, 6.45) is 4.68. The van der Waals surface area contributed by atoms with E-state index in [1.807, 2.05) is 36.4 Å². The molecule has 2 N–H and O–H groups in total. The molecule has 1 aliphatic carbocycles. The fourth-order valence-corrected chi connectivity index (χ4v) is 3.45. The first kappa shape index (κ1) is 18.3. The van der Waals surface area contributed by atoms with Crippen LogP contribution in [0, 0.1) is 11.6 Å². The lowest BCUT2D eigenvalue weighted by Gasteiger charge is -2.15. The first-order valence-electron chi connectivity index (χ1n) is 9.56. The molecule has 3 aromatic rings. The van der Waals surface area contributed by atoms with Crippen molar-refractivity contribution in [3.8, 4) is 11.3 Å². The number of halogens is 2. The van der Waals surface area contributed by atoms with E-state index in [0.717, 1.165) is 30.2 Å². The van der Waals surface area contributed by atoms with Gasteiger partial charge < -0.3 is 10.6 Å². The minimum atomic E-state index is -0.851. The van der Waals surface area contributed by atoms with Gasteiger partial charge in [0.15, 0.2) is 11.6 Å². The van der Waals surface area contributed by atoms with Crippen molar-refractivity contribution in [2.24, 2.45) is 0 Å². The highest BCUT2D eigenvalue weighted by Crippen LogP contribution is 2.25. The molecule has 0 saturated heterocycles. The standard InChI is InChI=1S/C22H22F2N4/c23-18-11-10-15(12-19(18)24)14-25-21-13-20(16-6-2-1-3-7-16)27-22(28-21)26-17-8-4-5-9-17/h1-3,6-7,10-13,17H,4-5,8-9,14H2,(H2,25,26,27,28). The summed E-state index contributed by atoms with van der Waals surface area (Å²) in [4.78, 5) is 9.25. The van der Waals surface area contributed by atoms with Crippen molar-refractivity contribution in [2.45, 2.75) is 38.3 Å². The summed E-state index contributed by atoms with van der Waals surface area (Å²) in [5.74, 6) is -0.476. The monoisotopic (exact) mass is 380 g/mol. The summed E-state index contributed by atoms with van der Waals surface area (Å²) in [7, 11) is 0. The summed E-state index contributed by atoms with van der Waals surface area (Å²) >= 11 is 0. The van der Waals surface area contributed by atoms with Crippen LogP contribution in [0.5, 0.6) is 0 Å². The van der Waals surface area contributed by atoms with Gasteiger partial charge in [0.1, 0.15) is 5.82 Å². The van der Waals surface area contributed by atoms with Crippen LogP contribution in [0.25, 0.3) is 11.3 Å². The zero-order valence-corrected chi connectivity index (χ0v) is 15.5. The van der Waals surface area contributed by atoms with Crippen LogP contribution in [-0.4, -0.2) is 16.0 Å². The van der Waals surface area contributed by atoms with E-state index < -0.39 is 11.6 Å². The van der Waals surface area contributed by atoms with E-state index in [-0.39, 0.29) is 0 Å². The molecule has 0 radical (unpaired) electrons. The molecule has 4 nitrogen and oxygen atoms in total. The van der Waals surface area contributed by atoms with Crippen molar-refractivity contribution >= 4 is 11.8 Å². The average Bonchev–Trinajstić information content (AvgIpc) is 3.22. The predicted molar refractivity (Wildman–Crippen MR) is 107 cm³/mol. The van der Waals surface area contributed by atoms with E-state index >= 15 is 0 Å². The Labute approximate surface area is 163 Å². The van der Waals surface area contributed by atoms with Gasteiger partial charge in [0, 0.05) is 24.2 Å². The molecule has 1 aliphatic rings. The van der Waals surface area contributed by atoms with Gasteiger partial charge >= 0.3 is 0 Å². The van der Waals surface area contributed by atoms with Crippen LogP contribution < -0.4 is 10.6 Å². The van der Waals surface area contributed by atoms with Crippen molar-refractivity contribution in [3.05, 3.63) is 71.8 Å². The van der Waals surface area contributed by atoms with Crippen LogP contribution in [0.1, 0.15) is 31.2 Å². The first-order chi connectivity index (χ1) is 13.7. The van der Waals surface area contributed by atoms with Crippen molar-refractivity contribution in [1.29, 1.82) is 0 Å². The maximum Gasteiger partial charge on any atom is 0.225 e. The summed E-state index contributed by atoms with van der Waals surface area (Å²) in [5, 5.41) is 6.64. The molecule has 0 bridgehead atoms. The maximum absolute atomic E-state index is 13.4. The zero-order chi connectivity index (χ0) is 19.3. The highest BCUT2D eigenvalue weighted by molar-refractivity contribution is 5.64. The Balaban J connectivity index is 1.58. The van der Waals surface area contributed by atoms with E-state index in [1.165, 1.54) is 18.9 Å². The summed E-state index contributed by atoms with van der Waals surface area (Å²) in [6, 6.07) is 16.0. The topological polar surface area (TPSA) is 49.8 Å². The third-order valence-electron chi connectivity index (χ3n) is 4.94. The molecule has 0 aliphatic heterocycles. The Morgan fingerprint density at radius 1 is 0.893 bits per heavy atom. The third-order valence-corrected chi connectivity index (χ3v) is 4.94. The van der Waals surface area contributed by atoms with Gasteiger partial charge in [-0.05, 0) is 30.5 Å². The normalized spacial score (nSPS) is 14.2. The van der Waals surface area contributed by atoms with Crippen molar-refractivity contribution in [3.63, 3.8) is 0 Å². The number of nitrogens with zero attached hydrogens (tertiary/aromatic N) is 2. The Hall–Kier alpha value is -3.02. The number of aromatic nitrogens is 2. The lowest BCUT2D eigenvalue weighted by molar-refractivity contribution is 0.507. The molecule has 0 atom stereocenters. The lowest BCUT2D eigenvalue weighted by atomic mass is 10.1. The van der Waals surface area contributed by atoms with Gasteiger partial charge in [0.25, 0.3) is 0 Å². The largest absolute Gasteiger partial charge is 0.366 e. The second-order valence-corrected chi connectivity index (χ2v) is 7.06.